The molecule has 0 saturated carbocycles. The number of esters is 2. The summed E-state index contributed by atoms with van der Waals surface area (Å²) in [6.45, 7) is 3.05. The predicted octanol–water partition coefficient (Wildman–Crippen LogP) is 3.25. The Kier molecular flexibility index (Phi) is 19.9. The molecule has 64 heavy (non-hydrogen) atoms. The van der Waals surface area contributed by atoms with E-state index in [9.17, 15) is 34.2 Å². The quantitative estimate of drug-likeness (QED) is 0.0573. The number of halogens is 1. The normalized spacial score (nSPS) is 15.2. The summed E-state index contributed by atoms with van der Waals surface area (Å²) in [6, 6.07) is 11.9. The lowest BCUT2D eigenvalue weighted by atomic mass is 9.99. The molecule has 2 aromatic carbocycles. The van der Waals surface area contributed by atoms with Crippen LogP contribution in [-0.2, 0) is 90.1 Å². The van der Waals surface area contributed by atoms with Gasteiger partial charge >= 0.3 is 30.0 Å². The number of ether oxygens (including phenoxy) is 4. The Morgan fingerprint density at radius 1 is 0.766 bits per heavy atom. The number of carbonyl (C=O) groups excluding carboxylic acids is 3. The van der Waals surface area contributed by atoms with Crippen molar-refractivity contribution in [2.45, 2.75) is 96.1 Å². The highest BCUT2D eigenvalue weighted by atomic mass is 35.5. The van der Waals surface area contributed by atoms with Gasteiger partial charge in [-0.1, -0.05) is 36.4 Å². The molecule has 20 nitrogen and oxygen atoms in total. The summed E-state index contributed by atoms with van der Waals surface area (Å²) in [5.74, 6) is -3.27. The number of carboxylic acids is 2. The zero-order chi connectivity index (χ0) is 45.1. The molecule has 1 aliphatic heterocycles. The lowest BCUT2D eigenvalue weighted by molar-refractivity contribution is -0.153. The van der Waals surface area contributed by atoms with Gasteiger partial charge in [0.05, 0.1) is 57.5 Å². The largest absolute Gasteiger partial charge is 0.479 e. The fourth-order valence-corrected chi connectivity index (χ4v) is 6.57. The van der Waals surface area contributed by atoms with E-state index in [2.05, 4.69) is 31.1 Å². The molecule has 1 fully saturated rings. The average molecular weight is 910 g/mol. The first kappa shape index (κ1) is 50.0. The Labute approximate surface area is 374 Å². The van der Waals surface area contributed by atoms with Gasteiger partial charge in [0.25, 0.3) is 0 Å². The first-order valence-electron chi connectivity index (χ1n) is 20.2. The third kappa shape index (κ3) is 15.9. The van der Waals surface area contributed by atoms with Crippen molar-refractivity contribution in [1.29, 1.82) is 0 Å². The van der Waals surface area contributed by atoms with Crippen LogP contribution in [0.3, 0.4) is 0 Å². The third-order valence-electron chi connectivity index (χ3n) is 9.71. The molecular weight excluding hydrogens is 858 g/mol. The van der Waals surface area contributed by atoms with Crippen molar-refractivity contribution in [1.82, 2.24) is 28.7 Å². The molecule has 0 radical (unpaired) electrons. The number of rotatable bonds is 15. The second-order valence-electron chi connectivity index (χ2n) is 14.4. The van der Waals surface area contributed by atoms with E-state index in [0.717, 1.165) is 49.8 Å². The van der Waals surface area contributed by atoms with Gasteiger partial charge in [0.15, 0.2) is 18.3 Å². The Balaban J connectivity index is 0.000000201. The molecule has 0 unspecified atom stereocenters. The zero-order valence-electron chi connectivity index (χ0n) is 35.0. The number of carboxylic acid groups (broad SMARTS) is 2. The minimum atomic E-state index is -1.36. The number of epoxide rings is 1. The maximum Gasteiger partial charge on any atom is 0.412 e. The maximum absolute atomic E-state index is 12.4. The van der Waals surface area contributed by atoms with Gasteiger partial charge in [-0.2, -0.15) is 0 Å². The smallest absolute Gasteiger partial charge is 0.412 e. The number of aromatic nitrogens is 6. The number of carbonyl (C=O) groups is 5. The average Bonchev–Trinajstić information content (AvgIpc) is 3.93. The highest BCUT2D eigenvalue weighted by Gasteiger charge is 2.33. The molecule has 2 aliphatic carbocycles. The zero-order valence-corrected chi connectivity index (χ0v) is 35.8. The number of aliphatic hydroxyl groups excluding tert-OH is 2. The van der Waals surface area contributed by atoms with Crippen molar-refractivity contribution in [3.05, 3.63) is 120 Å². The number of aliphatic carboxylic acids is 2. The molecule has 3 aliphatic rings. The lowest BCUT2D eigenvalue weighted by Gasteiger charge is -2.18. The van der Waals surface area contributed by atoms with Crippen LogP contribution in [0.15, 0.2) is 92.6 Å². The summed E-state index contributed by atoms with van der Waals surface area (Å²) >= 11 is 0. The summed E-state index contributed by atoms with van der Waals surface area (Å²) in [6.07, 6.45) is 15.4. The number of fused-ring (bicyclic) bond motifs is 2. The summed E-state index contributed by atoms with van der Waals surface area (Å²) in [4.78, 5) is 67.4. The summed E-state index contributed by atoms with van der Waals surface area (Å²) in [5.41, 5.74) is 6.82. The van der Waals surface area contributed by atoms with Crippen molar-refractivity contribution >= 4 is 48.1 Å². The molecule has 5 N–H and O–H groups in total. The van der Waals surface area contributed by atoms with E-state index in [1.54, 1.807) is 47.0 Å². The van der Waals surface area contributed by atoms with E-state index in [1.165, 1.54) is 52.0 Å². The van der Waals surface area contributed by atoms with Gasteiger partial charge in [-0.3, -0.25) is 5.32 Å². The number of nitrogens with zero attached hydrogens (tertiary/aromatic N) is 6. The molecule has 21 heteroatoms. The van der Waals surface area contributed by atoms with E-state index in [0.29, 0.717) is 13.2 Å². The van der Waals surface area contributed by atoms with Crippen LogP contribution >= 0.6 is 12.4 Å². The van der Waals surface area contributed by atoms with Crippen LogP contribution in [0, 0.1) is 0 Å². The van der Waals surface area contributed by atoms with E-state index < -0.39 is 42.3 Å². The predicted molar refractivity (Wildman–Crippen MR) is 228 cm³/mol. The van der Waals surface area contributed by atoms with Gasteiger partial charge in [0.1, 0.15) is 6.61 Å². The first-order chi connectivity index (χ1) is 30.4. The minimum Gasteiger partial charge on any atom is -0.479 e. The molecule has 0 spiro atoms. The Hall–Kier alpha value is -6.61. The number of aliphatic hydroxyl groups is 2. The second-order valence-corrected chi connectivity index (χ2v) is 14.4. The Morgan fingerprint density at radius 2 is 1.30 bits per heavy atom. The van der Waals surface area contributed by atoms with Gasteiger partial charge in [0, 0.05) is 37.2 Å². The van der Waals surface area contributed by atoms with Crippen molar-refractivity contribution < 1.29 is 63.3 Å². The van der Waals surface area contributed by atoms with Crippen LogP contribution in [0.25, 0.3) is 0 Å². The van der Waals surface area contributed by atoms with E-state index in [4.69, 9.17) is 24.4 Å². The van der Waals surface area contributed by atoms with Crippen molar-refractivity contribution in [3.8, 4) is 0 Å². The molecule has 1 saturated heterocycles. The third-order valence-corrected chi connectivity index (χ3v) is 9.71. The van der Waals surface area contributed by atoms with Crippen LogP contribution in [0.5, 0.6) is 0 Å². The van der Waals surface area contributed by atoms with Crippen molar-refractivity contribution in [2.75, 3.05) is 18.5 Å². The first-order valence-corrected chi connectivity index (χ1v) is 20.2. The highest BCUT2D eigenvalue weighted by molar-refractivity contribution is 5.90. The molecule has 3 aromatic heterocycles. The van der Waals surface area contributed by atoms with Gasteiger partial charge < -0.3 is 53.1 Å². The van der Waals surface area contributed by atoms with Crippen LogP contribution in [-0.4, -0.2) is 117 Å². The topological polar surface area (TPSA) is 272 Å². The Morgan fingerprint density at radius 3 is 1.77 bits per heavy atom. The highest BCUT2D eigenvalue weighted by Crippen LogP contribution is 2.38. The number of aryl methyl sites for hydroxylation is 2. The van der Waals surface area contributed by atoms with Gasteiger partial charge in [-0.15, -0.1) is 12.4 Å². The van der Waals surface area contributed by atoms with E-state index in [-0.39, 0.29) is 50.7 Å². The van der Waals surface area contributed by atoms with Gasteiger partial charge in [-0.05, 0) is 73.3 Å². The number of hydrogen-bond acceptors (Lipinski definition) is 14. The number of amides is 1. The Bertz CT molecular complexity index is 2190. The molecule has 4 atom stereocenters. The number of benzene rings is 2. The molecule has 1 amide bonds. The maximum atomic E-state index is 12.4. The summed E-state index contributed by atoms with van der Waals surface area (Å²) in [5, 5.41) is 38.7. The molecule has 0 bridgehead atoms. The van der Waals surface area contributed by atoms with E-state index in [1.807, 2.05) is 30.3 Å². The van der Waals surface area contributed by atoms with Crippen molar-refractivity contribution in [3.63, 3.8) is 0 Å². The number of nitrogens with one attached hydrogen (secondary N) is 1. The van der Waals surface area contributed by atoms with Crippen LogP contribution in [0.1, 0.15) is 47.6 Å². The molecule has 5 aromatic rings. The standard InChI is InChI=1S/C19H21N3O4.C10H10O3.C8H12N2O3.C6H8N2O3.ClH/c23-18(24)16(10-22-8-7-20-11-22)26-19(25)21-17-14-5-1-3-12(14)9-13-4-2-6-15(13)17;11-10(9-7-12-9)13-6-8-4-2-1-3-5-8;1-2-13-8(12)7(11)5-10-4-3-9-6-10;9-5(6(10)11)3-8-2-1-7-4-8;/h7-9,11,16H,1-6,10H2,(H,21,25)(H,23,24);1-5,9H,6-7H2;3-4,6-7,11H,2,5H2,1H3;1-2,4-5,9H,3H2,(H,10,11);1H/t16-;9-;7-;5-;/m1111./s1. The van der Waals surface area contributed by atoms with Gasteiger partial charge in [-0.25, -0.2) is 38.9 Å². The molecule has 8 rings (SSSR count). The molecule has 4 heterocycles. The number of imidazole rings is 3. The van der Waals surface area contributed by atoms with E-state index >= 15 is 0 Å². The number of anilines is 1. The van der Waals surface area contributed by atoms with Gasteiger partial charge in [0.2, 0.25) is 6.10 Å². The number of hydrogen-bond donors (Lipinski definition) is 5. The van der Waals surface area contributed by atoms with Crippen molar-refractivity contribution in [2.24, 2.45) is 0 Å². The second kappa shape index (κ2) is 25.5. The monoisotopic (exact) mass is 909 g/mol. The fourth-order valence-electron chi connectivity index (χ4n) is 6.57. The SMILES string of the molecule is CCOC(=O)[C@H](O)Cn1ccnc1.Cl.O=C(Nc1c2c(cc3c1CCC3)CCC2)O[C@H](Cn1ccnc1)C(=O)O.O=C(O)[C@H](O)Cn1ccnc1.O=C(OCc1ccccc1)[C@H]1CO1. The summed E-state index contributed by atoms with van der Waals surface area (Å²) < 4.78 is 24.3. The minimum absolute atomic E-state index is 0. The fraction of sp³-hybridized carbons (Fsp3) is 0.395. The molecular formula is C43H52ClN7O13. The lowest BCUT2D eigenvalue weighted by Crippen LogP contribution is -2.33. The van der Waals surface area contributed by atoms with Crippen LogP contribution in [0.4, 0.5) is 10.5 Å². The van der Waals surface area contributed by atoms with Crippen LogP contribution in [0.2, 0.25) is 0 Å². The molecule has 344 valence electrons. The summed E-state index contributed by atoms with van der Waals surface area (Å²) in [7, 11) is 0. The van der Waals surface area contributed by atoms with Crippen LogP contribution < -0.4 is 5.32 Å².